The van der Waals surface area contributed by atoms with Crippen molar-refractivity contribution in [2.75, 3.05) is 20.3 Å². The SMILES string of the molecule is CN1C(=O)c2cccc(C3CC3)c2[C@H]2C[C@H]1c1nc3ccc(-c4cnc(C5(N)COC5)nc4)cc3n12. The minimum Gasteiger partial charge on any atom is -0.376 e. The first-order valence-electron chi connectivity index (χ1n) is 12.6. The number of carbonyl (C=O) groups excluding carboxylic acids is 1. The van der Waals surface area contributed by atoms with Crippen molar-refractivity contribution in [2.45, 2.75) is 42.8 Å². The zero-order chi connectivity index (χ0) is 24.2. The van der Waals surface area contributed by atoms with Crippen LogP contribution in [0.4, 0.5) is 0 Å². The molecule has 180 valence electrons. The average Bonchev–Trinajstić information content (AvgIpc) is 3.59. The molecule has 5 heterocycles. The van der Waals surface area contributed by atoms with Crippen LogP contribution in [-0.2, 0) is 10.3 Å². The van der Waals surface area contributed by atoms with E-state index in [9.17, 15) is 4.79 Å². The number of aromatic nitrogens is 4. The van der Waals surface area contributed by atoms with Crippen LogP contribution in [0.15, 0.2) is 48.8 Å². The van der Waals surface area contributed by atoms with E-state index in [4.69, 9.17) is 15.5 Å². The average molecular weight is 479 g/mol. The number of hydrogen-bond acceptors (Lipinski definition) is 6. The molecule has 2 bridgehead atoms. The fourth-order valence-corrected chi connectivity index (χ4v) is 6.26. The normalized spacial score (nSPS) is 23.8. The van der Waals surface area contributed by atoms with E-state index in [1.54, 1.807) is 0 Å². The second-order valence-corrected chi connectivity index (χ2v) is 10.8. The minimum atomic E-state index is -0.582. The topological polar surface area (TPSA) is 99.2 Å². The van der Waals surface area contributed by atoms with Gasteiger partial charge in [-0.05, 0) is 53.6 Å². The van der Waals surface area contributed by atoms with Crippen LogP contribution in [0, 0.1) is 0 Å². The summed E-state index contributed by atoms with van der Waals surface area (Å²) in [6.45, 7) is 0.897. The molecule has 1 saturated carbocycles. The molecule has 0 unspecified atom stereocenters. The summed E-state index contributed by atoms with van der Waals surface area (Å²) in [4.78, 5) is 29.5. The van der Waals surface area contributed by atoms with Crippen molar-refractivity contribution in [2.24, 2.45) is 5.73 Å². The number of benzene rings is 2. The van der Waals surface area contributed by atoms with E-state index in [2.05, 4.69) is 38.8 Å². The summed E-state index contributed by atoms with van der Waals surface area (Å²) in [5.41, 5.74) is 13.1. The second-order valence-electron chi connectivity index (χ2n) is 10.8. The van der Waals surface area contributed by atoms with Crippen LogP contribution in [-0.4, -0.2) is 50.6 Å². The Bertz CT molecular complexity index is 1570. The molecule has 2 fully saturated rings. The number of rotatable bonds is 3. The van der Waals surface area contributed by atoms with Gasteiger partial charge in [-0.1, -0.05) is 18.2 Å². The van der Waals surface area contributed by atoms with E-state index in [1.165, 1.54) is 24.0 Å². The van der Waals surface area contributed by atoms with Gasteiger partial charge in [-0.2, -0.15) is 0 Å². The van der Waals surface area contributed by atoms with E-state index in [0.29, 0.717) is 25.0 Å². The van der Waals surface area contributed by atoms with Crippen molar-refractivity contribution in [1.29, 1.82) is 0 Å². The largest absolute Gasteiger partial charge is 0.376 e. The zero-order valence-electron chi connectivity index (χ0n) is 20.0. The van der Waals surface area contributed by atoms with Crippen LogP contribution in [0.1, 0.15) is 70.4 Å². The van der Waals surface area contributed by atoms with Gasteiger partial charge in [0.25, 0.3) is 5.91 Å². The lowest BCUT2D eigenvalue weighted by atomic mass is 9.91. The quantitative estimate of drug-likeness (QED) is 0.482. The summed E-state index contributed by atoms with van der Waals surface area (Å²) in [6, 6.07) is 12.7. The van der Waals surface area contributed by atoms with Crippen molar-refractivity contribution in [3.8, 4) is 11.1 Å². The highest BCUT2D eigenvalue weighted by Crippen LogP contribution is 2.52. The van der Waals surface area contributed by atoms with E-state index in [1.807, 2.05) is 36.5 Å². The summed E-state index contributed by atoms with van der Waals surface area (Å²) in [6.07, 6.45) is 6.94. The minimum absolute atomic E-state index is 0.0362. The van der Waals surface area contributed by atoms with Crippen LogP contribution in [0.3, 0.4) is 0 Å². The number of amides is 1. The Morgan fingerprint density at radius 2 is 1.86 bits per heavy atom. The Morgan fingerprint density at radius 1 is 1.06 bits per heavy atom. The number of ether oxygens (including phenoxy) is 1. The highest BCUT2D eigenvalue weighted by atomic mass is 16.5. The lowest BCUT2D eigenvalue weighted by Gasteiger charge is -2.35. The Balaban J connectivity index is 1.28. The highest BCUT2D eigenvalue weighted by Gasteiger charge is 2.45. The number of fused-ring (bicyclic) bond motifs is 9. The monoisotopic (exact) mass is 478 g/mol. The molecule has 4 aliphatic rings. The molecule has 1 amide bonds. The number of nitrogens with zero attached hydrogens (tertiary/aromatic N) is 5. The Kier molecular flexibility index (Phi) is 3.99. The molecule has 2 N–H and O–H groups in total. The van der Waals surface area contributed by atoms with Crippen molar-refractivity contribution in [3.63, 3.8) is 0 Å². The van der Waals surface area contributed by atoms with Crippen LogP contribution in [0.25, 0.3) is 22.2 Å². The van der Waals surface area contributed by atoms with Gasteiger partial charge in [-0.15, -0.1) is 0 Å². The number of nitrogens with two attached hydrogens (primary N) is 1. The lowest BCUT2D eigenvalue weighted by molar-refractivity contribution is -0.0613. The third-order valence-electron chi connectivity index (χ3n) is 8.43. The molecular formula is C28H26N6O2. The molecule has 8 rings (SSSR count). The molecule has 0 radical (unpaired) electrons. The third-order valence-corrected chi connectivity index (χ3v) is 8.43. The molecule has 1 aliphatic carbocycles. The van der Waals surface area contributed by atoms with Crippen molar-refractivity contribution < 1.29 is 9.53 Å². The summed E-state index contributed by atoms with van der Waals surface area (Å²) in [5.74, 6) is 2.25. The molecule has 8 heteroatoms. The van der Waals surface area contributed by atoms with Gasteiger partial charge in [-0.3, -0.25) is 4.79 Å². The fourth-order valence-electron chi connectivity index (χ4n) is 6.26. The van der Waals surface area contributed by atoms with Crippen molar-refractivity contribution in [3.05, 3.63) is 77.1 Å². The fraction of sp³-hybridized carbons (Fsp3) is 0.357. The Morgan fingerprint density at radius 3 is 2.58 bits per heavy atom. The number of hydrogen-bond donors (Lipinski definition) is 1. The molecule has 1 saturated heterocycles. The first-order chi connectivity index (χ1) is 17.5. The zero-order valence-corrected chi connectivity index (χ0v) is 20.0. The molecule has 8 nitrogen and oxygen atoms in total. The molecule has 36 heavy (non-hydrogen) atoms. The number of imidazole rings is 1. The molecule has 4 aromatic rings. The molecular weight excluding hydrogens is 452 g/mol. The third kappa shape index (κ3) is 2.71. The molecule has 0 spiro atoms. The van der Waals surface area contributed by atoms with Crippen LogP contribution < -0.4 is 5.73 Å². The van der Waals surface area contributed by atoms with Gasteiger partial charge in [0.05, 0.1) is 36.3 Å². The predicted molar refractivity (Wildman–Crippen MR) is 133 cm³/mol. The van der Waals surface area contributed by atoms with Crippen molar-refractivity contribution in [1.82, 2.24) is 24.4 Å². The molecule has 3 aliphatic heterocycles. The van der Waals surface area contributed by atoms with E-state index in [-0.39, 0.29) is 18.0 Å². The second kappa shape index (κ2) is 6.99. The standard InChI is InChI=1S/C28H26N6O2/c1-33-23-10-22(24-18(15-5-6-15)3-2-4-19(24)26(33)35)34-21-9-16(7-8-20(21)32-25(23)34)17-11-30-27(31-12-17)28(29)13-36-14-28/h2-4,7-9,11-12,15,22-23H,5-6,10,13-14,29H2,1H3/t22-,23+/m1/s1. The highest BCUT2D eigenvalue weighted by molar-refractivity contribution is 5.97. The summed E-state index contributed by atoms with van der Waals surface area (Å²) < 4.78 is 7.64. The summed E-state index contributed by atoms with van der Waals surface area (Å²) in [5, 5.41) is 0. The van der Waals surface area contributed by atoms with E-state index in [0.717, 1.165) is 40.0 Å². The Hall–Kier alpha value is -3.62. The number of carbonyl (C=O) groups is 1. The first kappa shape index (κ1) is 20.6. The molecule has 2 aromatic carbocycles. The first-order valence-corrected chi connectivity index (χ1v) is 12.6. The maximum absolute atomic E-state index is 13.5. The van der Waals surface area contributed by atoms with Crippen LogP contribution in [0.2, 0.25) is 0 Å². The Labute approximate surface area is 208 Å². The van der Waals surface area contributed by atoms with Crippen LogP contribution in [0.5, 0.6) is 0 Å². The van der Waals surface area contributed by atoms with Crippen molar-refractivity contribution >= 4 is 16.9 Å². The smallest absolute Gasteiger partial charge is 0.254 e. The summed E-state index contributed by atoms with van der Waals surface area (Å²) >= 11 is 0. The predicted octanol–water partition coefficient (Wildman–Crippen LogP) is 3.67. The van der Waals surface area contributed by atoms with Gasteiger partial charge < -0.3 is 19.9 Å². The summed E-state index contributed by atoms with van der Waals surface area (Å²) in [7, 11) is 1.92. The van der Waals surface area contributed by atoms with Gasteiger partial charge in [0.15, 0.2) is 5.82 Å². The lowest BCUT2D eigenvalue weighted by Crippen LogP contribution is -2.55. The van der Waals surface area contributed by atoms with Gasteiger partial charge >= 0.3 is 0 Å². The van der Waals surface area contributed by atoms with E-state index >= 15 is 0 Å². The molecule has 2 atom stereocenters. The van der Waals surface area contributed by atoms with Gasteiger partial charge in [0.2, 0.25) is 0 Å². The van der Waals surface area contributed by atoms with Crippen LogP contribution >= 0.6 is 0 Å². The van der Waals surface area contributed by atoms with Gasteiger partial charge in [0, 0.05) is 37.0 Å². The van der Waals surface area contributed by atoms with Gasteiger partial charge in [-0.25, -0.2) is 15.0 Å². The molecule has 2 aromatic heterocycles. The maximum atomic E-state index is 13.5. The van der Waals surface area contributed by atoms with E-state index < -0.39 is 5.54 Å². The van der Waals surface area contributed by atoms with Gasteiger partial charge in [0.1, 0.15) is 11.4 Å². The maximum Gasteiger partial charge on any atom is 0.254 e.